The molecule has 106 valence electrons. The van der Waals surface area contributed by atoms with Gasteiger partial charge in [-0.1, -0.05) is 12.1 Å². The number of aliphatic hydroxyl groups excluding tert-OH is 1. The van der Waals surface area contributed by atoms with E-state index >= 15 is 0 Å². The van der Waals surface area contributed by atoms with E-state index < -0.39 is 4.92 Å². The van der Waals surface area contributed by atoms with E-state index in [2.05, 4.69) is 5.32 Å². The molecule has 0 spiro atoms. The van der Waals surface area contributed by atoms with E-state index in [-0.39, 0.29) is 18.3 Å². The number of furan rings is 1. The van der Waals surface area contributed by atoms with Crippen molar-refractivity contribution < 1.29 is 14.4 Å². The highest BCUT2D eigenvalue weighted by Crippen LogP contribution is 2.20. The second-order valence-corrected chi connectivity index (χ2v) is 4.51. The zero-order valence-corrected chi connectivity index (χ0v) is 11.1. The highest BCUT2D eigenvalue weighted by Gasteiger charge is 2.14. The summed E-state index contributed by atoms with van der Waals surface area (Å²) in [7, 11) is 0. The minimum Gasteiger partial charge on any atom is -0.468 e. The van der Waals surface area contributed by atoms with Crippen molar-refractivity contribution >= 4 is 5.69 Å². The Morgan fingerprint density at radius 3 is 2.85 bits per heavy atom. The molecule has 0 aliphatic heterocycles. The topological polar surface area (TPSA) is 88.5 Å². The molecule has 0 radical (unpaired) electrons. The Balaban J connectivity index is 2.07. The number of nitrogens with one attached hydrogen (secondary N) is 1. The van der Waals surface area contributed by atoms with E-state index in [4.69, 9.17) is 4.42 Å². The van der Waals surface area contributed by atoms with Gasteiger partial charge in [-0.2, -0.15) is 0 Å². The van der Waals surface area contributed by atoms with Crippen LogP contribution in [0.2, 0.25) is 0 Å². The van der Waals surface area contributed by atoms with Crippen LogP contribution in [0.25, 0.3) is 0 Å². The molecule has 1 atom stereocenters. The maximum atomic E-state index is 10.9. The predicted octanol–water partition coefficient (Wildman–Crippen LogP) is 2.32. The summed E-state index contributed by atoms with van der Waals surface area (Å²) in [5, 5.41) is 23.3. The molecule has 2 aromatic rings. The van der Waals surface area contributed by atoms with Gasteiger partial charge in [0, 0.05) is 18.2 Å². The van der Waals surface area contributed by atoms with Crippen LogP contribution in [-0.2, 0) is 6.54 Å². The Bertz CT molecular complexity index is 581. The lowest BCUT2D eigenvalue weighted by Gasteiger charge is -2.14. The van der Waals surface area contributed by atoms with Gasteiger partial charge in [-0.3, -0.25) is 10.1 Å². The smallest absolute Gasteiger partial charge is 0.272 e. The number of hydrogen-bond donors (Lipinski definition) is 2. The van der Waals surface area contributed by atoms with Gasteiger partial charge in [0.25, 0.3) is 5.69 Å². The standard InChI is InChI=1S/C14H16N2O4/c1-10-4-5-11(7-13(10)16(18)19)8-15-12(9-17)14-3-2-6-20-14/h2-7,12,15,17H,8-9H2,1H3. The summed E-state index contributed by atoms with van der Waals surface area (Å²) in [5.41, 5.74) is 1.51. The van der Waals surface area contributed by atoms with E-state index in [9.17, 15) is 15.2 Å². The average molecular weight is 276 g/mol. The number of aliphatic hydroxyl groups is 1. The van der Waals surface area contributed by atoms with Crippen LogP contribution in [0, 0.1) is 17.0 Å². The van der Waals surface area contributed by atoms with Crippen molar-refractivity contribution in [2.45, 2.75) is 19.5 Å². The second kappa shape index (κ2) is 6.31. The largest absolute Gasteiger partial charge is 0.468 e. The first-order valence-corrected chi connectivity index (χ1v) is 6.23. The first-order chi connectivity index (χ1) is 9.61. The van der Waals surface area contributed by atoms with Gasteiger partial charge in [0.05, 0.1) is 23.8 Å². The second-order valence-electron chi connectivity index (χ2n) is 4.51. The molecule has 0 amide bonds. The zero-order valence-electron chi connectivity index (χ0n) is 11.1. The summed E-state index contributed by atoms with van der Waals surface area (Å²) in [6, 6.07) is 8.27. The quantitative estimate of drug-likeness (QED) is 0.624. The van der Waals surface area contributed by atoms with Crippen LogP contribution in [0.15, 0.2) is 41.0 Å². The van der Waals surface area contributed by atoms with E-state index in [1.807, 2.05) is 6.07 Å². The molecule has 1 aromatic heterocycles. The first kappa shape index (κ1) is 14.2. The lowest BCUT2D eigenvalue weighted by atomic mass is 10.1. The highest BCUT2D eigenvalue weighted by molar-refractivity contribution is 5.42. The van der Waals surface area contributed by atoms with Crippen molar-refractivity contribution in [2.75, 3.05) is 6.61 Å². The van der Waals surface area contributed by atoms with Gasteiger partial charge < -0.3 is 14.8 Å². The van der Waals surface area contributed by atoms with Crippen molar-refractivity contribution in [2.24, 2.45) is 0 Å². The minimum atomic E-state index is -0.394. The average Bonchev–Trinajstić information content (AvgIpc) is 2.95. The molecule has 0 saturated carbocycles. The number of hydrogen-bond acceptors (Lipinski definition) is 5. The van der Waals surface area contributed by atoms with Crippen molar-refractivity contribution in [3.05, 3.63) is 63.6 Å². The van der Waals surface area contributed by atoms with Crippen LogP contribution >= 0.6 is 0 Å². The number of nitro groups is 1. The molecule has 1 aromatic carbocycles. The summed E-state index contributed by atoms with van der Waals surface area (Å²) >= 11 is 0. The Morgan fingerprint density at radius 2 is 2.25 bits per heavy atom. The molecule has 1 unspecified atom stereocenters. The van der Waals surface area contributed by atoms with Gasteiger partial charge in [-0.25, -0.2) is 0 Å². The van der Waals surface area contributed by atoms with E-state index in [1.54, 1.807) is 31.2 Å². The molecule has 0 bridgehead atoms. The molecule has 0 aliphatic rings. The minimum absolute atomic E-state index is 0.0999. The predicted molar refractivity (Wildman–Crippen MR) is 73.2 cm³/mol. The Hall–Kier alpha value is -2.18. The molecule has 2 rings (SSSR count). The molecule has 0 fully saturated rings. The molecular formula is C14H16N2O4. The number of rotatable bonds is 6. The van der Waals surface area contributed by atoms with Crippen LogP contribution in [0.4, 0.5) is 5.69 Å². The summed E-state index contributed by atoms with van der Waals surface area (Å²) in [6.45, 7) is 2.00. The van der Waals surface area contributed by atoms with Crippen LogP contribution in [0.1, 0.15) is 22.9 Å². The van der Waals surface area contributed by atoms with Gasteiger partial charge >= 0.3 is 0 Å². The third-order valence-corrected chi connectivity index (χ3v) is 3.09. The number of nitro benzene ring substituents is 1. The van der Waals surface area contributed by atoms with Crippen LogP contribution in [0.5, 0.6) is 0 Å². The monoisotopic (exact) mass is 276 g/mol. The van der Waals surface area contributed by atoms with Crippen molar-refractivity contribution in [1.29, 1.82) is 0 Å². The summed E-state index contributed by atoms with van der Waals surface area (Å²) in [4.78, 5) is 10.5. The van der Waals surface area contributed by atoms with E-state index in [0.29, 0.717) is 17.9 Å². The molecular weight excluding hydrogens is 260 g/mol. The van der Waals surface area contributed by atoms with Gasteiger partial charge in [0.2, 0.25) is 0 Å². The fourth-order valence-corrected chi connectivity index (χ4v) is 1.95. The lowest BCUT2D eigenvalue weighted by Crippen LogP contribution is -2.23. The third kappa shape index (κ3) is 3.23. The Labute approximate surface area is 116 Å². The number of nitrogens with zero attached hydrogens (tertiary/aromatic N) is 1. The van der Waals surface area contributed by atoms with Gasteiger partial charge in [-0.05, 0) is 24.6 Å². The van der Waals surface area contributed by atoms with Gasteiger partial charge in [0.1, 0.15) is 5.76 Å². The third-order valence-electron chi connectivity index (χ3n) is 3.09. The maximum Gasteiger partial charge on any atom is 0.272 e. The molecule has 0 aliphatic carbocycles. The summed E-state index contributed by atoms with van der Waals surface area (Å²) in [6.07, 6.45) is 1.54. The zero-order chi connectivity index (χ0) is 14.5. The summed E-state index contributed by atoms with van der Waals surface area (Å²) in [5.74, 6) is 0.633. The lowest BCUT2D eigenvalue weighted by molar-refractivity contribution is -0.385. The molecule has 6 heteroatoms. The van der Waals surface area contributed by atoms with E-state index in [1.165, 1.54) is 6.26 Å². The summed E-state index contributed by atoms with van der Waals surface area (Å²) < 4.78 is 5.23. The fraction of sp³-hybridized carbons (Fsp3) is 0.286. The van der Waals surface area contributed by atoms with Gasteiger partial charge in [-0.15, -0.1) is 0 Å². The number of benzene rings is 1. The van der Waals surface area contributed by atoms with Gasteiger partial charge in [0.15, 0.2) is 0 Å². The van der Waals surface area contributed by atoms with Crippen LogP contribution in [-0.4, -0.2) is 16.6 Å². The molecule has 20 heavy (non-hydrogen) atoms. The van der Waals surface area contributed by atoms with Crippen molar-refractivity contribution in [1.82, 2.24) is 5.32 Å². The molecule has 6 nitrogen and oxygen atoms in total. The highest BCUT2D eigenvalue weighted by atomic mass is 16.6. The van der Waals surface area contributed by atoms with Crippen molar-refractivity contribution in [3.63, 3.8) is 0 Å². The van der Waals surface area contributed by atoms with Crippen molar-refractivity contribution in [3.8, 4) is 0 Å². The van der Waals surface area contributed by atoms with Crippen LogP contribution in [0.3, 0.4) is 0 Å². The number of aryl methyl sites for hydroxylation is 1. The van der Waals surface area contributed by atoms with E-state index in [0.717, 1.165) is 5.56 Å². The SMILES string of the molecule is Cc1ccc(CNC(CO)c2ccco2)cc1[N+](=O)[O-]. The Kier molecular flexibility index (Phi) is 4.49. The molecule has 1 heterocycles. The Morgan fingerprint density at radius 1 is 1.45 bits per heavy atom. The maximum absolute atomic E-state index is 10.9. The normalized spacial score (nSPS) is 12.3. The first-order valence-electron chi connectivity index (χ1n) is 6.23. The van der Waals surface area contributed by atoms with Crippen LogP contribution < -0.4 is 5.32 Å². The molecule has 2 N–H and O–H groups in total. The fourth-order valence-electron chi connectivity index (χ4n) is 1.95. The molecule has 0 saturated heterocycles.